The number of carbonyl (C=O) groups excluding carboxylic acids is 1. The van der Waals surface area contributed by atoms with Gasteiger partial charge in [0, 0.05) is 11.6 Å². The smallest absolute Gasteiger partial charge is 0.335 e. The Balaban J connectivity index is 1.79. The average molecular weight is 390 g/mol. The molecule has 144 valence electrons. The number of amides is 1. The van der Waals surface area contributed by atoms with Crippen LogP contribution in [0.15, 0.2) is 70.3 Å². The molecule has 0 aliphatic heterocycles. The van der Waals surface area contributed by atoms with Crippen LogP contribution in [0.1, 0.15) is 20.7 Å². The number of aromatic nitrogens is 3. The molecule has 4 rings (SSSR count). The SMILES string of the molecule is O=C(O)c1cccc(C(=O)Nc2c(=O)[nH]n3c(=O)cc(-c4ccccc4)[nH]c23)c1. The van der Waals surface area contributed by atoms with E-state index in [1.54, 1.807) is 24.3 Å². The fourth-order valence-electron chi connectivity index (χ4n) is 2.94. The molecule has 0 aliphatic rings. The van der Waals surface area contributed by atoms with Crippen LogP contribution in [-0.2, 0) is 0 Å². The number of nitrogens with zero attached hydrogens (tertiary/aromatic N) is 1. The monoisotopic (exact) mass is 390 g/mol. The number of carbonyl (C=O) groups is 2. The van der Waals surface area contributed by atoms with E-state index in [0.29, 0.717) is 5.69 Å². The van der Waals surface area contributed by atoms with E-state index >= 15 is 0 Å². The molecule has 0 bridgehead atoms. The van der Waals surface area contributed by atoms with Crippen LogP contribution in [-0.4, -0.2) is 31.6 Å². The first-order valence-electron chi connectivity index (χ1n) is 8.52. The van der Waals surface area contributed by atoms with Crippen molar-refractivity contribution in [2.45, 2.75) is 0 Å². The molecule has 0 spiro atoms. The molecule has 1 amide bonds. The third-order valence-corrected chi connectivity index (χ3v) is 4.34. The van der Waals surface area contributed by atoms with Gasteiger partial charge >= 0.3 is 5.97 Å². The Bertz CT molecular complexity index is 1370. The molecule has 9 heteroatoms. The van der Waals surface area contributed by atoms with E-state index in [4.69, 9.17) is 5.11 Å². The second kappa shape index (κ2) is 6.97. The van der Waals surface area contributed by atoms with Gasteiger partial charge in [-0.2, -0.15) is 4.52 Å². The van der Waals surface area contributed by atoms with Gasteiger partial charge in [-0.1, -0.05) is 36.4 Å². The molecule has 0 radical (unpaired) electrons. The van der Waals surface area contributed by atoms with Crippen molar-refractivity contribution in [3.8, 4) is 11.3 Å². The van der Waals surface area contributed by atoms with E-state index in [9.17, 15) is 19.2 Å². The van der Waals surface area contributed by atoms with E-state index in [-0.39, 0.29) is 22.5 Å². The Morgan fingerprint density at radius 1 is 0.931 bits per heavy atom. The summed E-state index contributed by atoms with van der Waals surface area (Å²) in [5.41, 5.74) is -0.0208. The minimum absolute atomic E-state index is 0.0604. The molecule has 0 aliphatic carbocycles. The Kier molecular flexibility index (Phi) is 4.32. The number of H-pyrrole nitrogens is 2. The summed E-state index contributed by atoms with van der Waals surface area (Å²) < 4.78 is 0.998. The van der Waals surface area contributed by atoms with Crippen molar-refractivity contribution in [3.05, 3.63) is 92.5 Å². The van der Waals surface area contributed by atoms with Gasteiger partial charge < -0.3 is 15.4 Å². The van der Waals surface area contributed by atoms with E-state index in [1.807, 2.05) is 6.07 Å². The summed E-state index contributed by atoms with van der Waals surface area (Å²) in [5, 5.41) is 13.9. The molecule has 9 nitrogen and oxygen atoms in total. The quantitative estimate of drug-likeness (QED) is 0.422. The van der Waals surface area contributed by atoms with Crippen LogP contribution in [0, 0.1) is 0 Å². The van der Waals surface area contributed by atoms with Crippen molar-refractivity contribution < 1.29 is 14.7 Å². The number of nitrogens with one attached hydrogen (secondary N) is 3. The van der Waals surface area contributed by atoms with Gasteiger partial charge in [0.1, 0.15) is 0 Å². The summed E-state index contributed by atoms with van der Waals surface area (Å²) >= 11 is 0. The summed E-state index contributed by atoms with van der Waals surface area (Å²) in [6, 6.07) is 15.8. The molecule has 2 heterocycles. The third-order valence-electron chi connectivity index (χ3n) is 4.34. The lowest BCUT2D eigenvalue weighted by atomic mass is 10.1. The van der Waals surface area contributed by atoms with E-state index in [2.05, 4.69) is 15.4 Å². The Morgan fingerprint density at radius 3 is 2.38 bits per heavy atom. The molecule has 0 fully saturated rings. The number of hydrogen-bond acceptors (Lipinski definition) is 4. The summed E-state index contributed by atoms with van der Waals surface area (Å²) in [7, 11) is 0. The van der Waals surface area contributed by atoms with Crippen molar-refractivity contribution in [2.75, 3.05) is 5.32 Å². The average Bonchev–Trinajstić information content (AvgIpc) is 3.04. The highest BCUT2D eigenvalue weighted by Crippen LogP contribution is 2.18. The minimum Gasteiger partial charge on any atom is -0.478 e. The molecule has 0 saturated heterocycles. The topological polar surface area (TPSA) is 137 Å². The zero-order valence-corrected chi connectivity index (χ0v) is 14.8. The molecule has 2 aromatic carbocycles. The van der Waals surface area contributed by atoms with Crippen LogP contribution in [0.2, 0.25) is 0 Å². The lowest BCUT2D eigenvalue weighted by Gasteiger charge is -2.06. The van der Waals surface area contributed by atoms with Crippen LogP contribution in [0.4, 0.5) is 5.69 Å². The second-order valence-corrected chi connectivity index (χ2v) is 6.23. The Labute approximate surface area is 162 Å². The van der Waals surface area contributed by atoms with Crippen LogP contribution in [0.5, 0.6) is 0 Å². The molecule has 4 aromatic rings. The number of benzene rings is 2. The number of hydrogen-bond donors (Lipinski definition) is 4. The Morgan fingerprint density at radius 2 is 1.66 bits per heavy atom. The molecule has 0 unspecified atom stereocenters. The van der Waals surface area contributed by atoms with Crippen molar-refractivity contribution in [1.82, 2.24) is 14.6 Å². The number of carboxylic acid groups (broad SMARTS) is 1. The van der Waals surface area contributed by atoms with Gasteiger partial charge in [0.15, 0.2) is 11.3 Å². The molecular weight excluding hydrogens is 376 g/mol. The maximum atomic E-state index is 12.6. The third kappa shape index (κ3) is 3.32. The normalized spacial score (nSPS) is 10.8. The molecule has 4 N–H and O–H groups in total. The first-order chi connectivity index (χ1) is 13.9. The molecule has 0 saturated carbocycles. The fraction of sp³-hybridized carbons (Fsp3) is 0. The predicted molar refractivity (Wildman–Crippen MR) is 105 cm³/mol. The summed E-state index contributed by atoms with van der Waals surface area (Å²) in [6.45, 7) is 0. The first kappa shape index (κ1) is 18.0. The van der Waals surface area contributed by atoms with Gasteiger partial charge in [-0.15, -0.1) is 0 Å². The molecule has 0 atom stereocenters. The van der Waals surface area contributed by atoms with Crippen LogP contribution in [0.25, 0.3) is 16.9 Å². The van der Waals surface area contributed by atoms with E-state index in [0.717, 1.165) is 10.1 Å². The highest BCUT2D eigenvalue weighted by molar-refractivity contribution is 6.07. The minimum atomic E-state index is -1.18. The van der Waals surface area contributed by atoms with Crippen molar-refractivity contribution >= 4 is 23.2 Å². The zero-order chi connectivity index (χ0) is 20.5. The molecule has 2 aromatic heterocycles. The number of rotatable bonds is 4. The van der Waals surface area contributed by atoms with Gasteiger partial charge in [-0.3, -0.25) is 19.5 Å². The maximum Gasteiger partial charge on any atom is 0.335 e. The predicted octanol–water partition coefficient (Wildman–Crippen LogP) is 1.93. The van der Waals surface area contributed by atoms with E-state index in [1.165, 1.54) is 30.3 Å². The molecular formula is C20H14N4O5. The maximum absolute atomic E-state index is 12.6. The van der Waals surface area contributed by atoms with Gasteiger partial charge in [-0.25, -0.2) is 4.79 Å². The Hall–Kier alpha value is -4.40. The second-order valence-electron chi connectivity index (χ2n) is 6.23. The summed E-state index contributed by atoms with van der Waals surface area (Å²) in [5.74, 6) is -1.86. The number of fused-ring (bicyclic) bond motifs is 1. The fourth-order valence-corrected chi connectivity index (χ4v) is 2.94. The zero-order valence-electron chi connectivity index (χ0n) is 14.8. The highest BCUT2D eigenvalue weighted by Gasteiger charge is 2.17. The number of carboxylic acids is 1. The van der Waals surface area contributed by atoms with Crippen molar-refractivity contribution in [3.63, 3.8) is 0 Å². The van der Waals surface area contributed by atoms with Crippen molar-refractivity contribution in [2.24, 2.45) is 0 Å². The highest BCUT2D eigenvalue weighted by atomic mass is 16.4. The number of anilines is 1. The van der Waals surface area contributed by atoms with Gasteiger partial charge in [0.25, 0.3) is 17.0 Å². The lowest BCUT2D eigenvalue weighted by Crippen LogP contribution is -2.17. The molecule has 29 heavy (non-hydrogen) atoms. The summed E-state index contributed by atoms with van der Waals surface area (Å²) in [6.07, 6.45) is 0. The summed E-state index contributed by atoms with van der Waals surface area (Å²) in [4.78, 5) is 51.4. The van der Waals surface area contributed by atoms with Crippen LogP contribution in [0.3, 0.4) is 0 Å². The van der Waals surface area contributed by atoms with Gasteiger partial charge in [0.2, 0.25) is 0 Å². The lowest BCUT2D eigenvalue weighted by molar-refractivity contribution is 0.0697. The first-order valence-corrected chi connectivity index (χ1v) is 8.52. The van der Waals surface area contributed by atoms with Gasteiger partial charge in [-0.05, 0) is 23.8 Å². The van der Waals surface area contributed by atoms with Crippen LogP contribution < -0.4 is 16.4 Å². The van der Waals surface area contributed by atoms with Gasteiger partial charge in [0.05, 0.1) is 11.3 Å². The number of aromatic amines is 2. The number of aromatic carboxylic acids is 1. The van der Waals surface area contributed by atoms with Crippen molar-refractivity contribution in [1.29, 1.82) is 0 Å². The largest absolute Gasteiger partial charge is 0.478 e. The standard InChI is InChI=1S/C20H14N4O5/c25-15-10-14(11-5-2-1-3-6-11)21-17-16(19(27)23-24(15)17)22-18(26)12-7-4-8-13(9-12)20(28)29/h1-10,21H,(H,22,26)(H,23,27)(H,28,29). The van der Waals surface area contributed by atoms with E-state index < -0.39 is 23.0 Å². The van der Waals surface area contributed by atoms with Crippen LogP contribution >= 0.6 is 0 Å².